The van der Waals surface area contributed by atoms with Gasteiger partial charge in [-0.05, 0) is 18.1 Å². The Morgan fingerprint density at radius 1 is 1.30 bits per heavy atom. The highest BCUT2D eigenvalue weighted by molar-refractivity contribution is 7.91. The van der Waals surface area contributed by atoms with Crippen LogP contribution >= 0.6 is 0 Å². The van der Waals surface area contributed by atoms with Crippen LogP contribution in [0.2, 0.25) is 0 Å². The van der Waals surface area contributed by atoms with Crippen molar-refractivity contribution in [3.05, 3.63) is 30.1 Å². The molecule has 0 N–H and O–H groups in total. The highest BCUT2D eigenvalue weighted by Crippen LogP contribution is 2.28. The number of rotatable bonds is 3. The molecule has 2 fully saturated rings. The molecule has 2 aliphatic heterocycles. The fraction of sp³-hybridized carbons (Fsp3) is 0.625. The Balaban J connectivity index is 1.85. The van der Waals surface area contributed by atoms with Crippen LogP contribution in [0, 0.1) is 5.92 Å². The van der Waals surface area contributed by atoms with E-state index in [1.54, 1.807) is 29.4 Å². The molecule has 0 unspecified atom stereocenters. The van der Waals surface area contributed by atoms with Gasteiger partial charge in [0.25, 0.3) is 5.91 Å². The maximum atomic E-state index is 12.8. The normalized spacial score (nSPS) is 27.2. The van der Waals surface area contributed by atoms with Crippen molar-refractivity contribution in [1.29, 1.82) is 0 Å². The van der Waals surface area contributed by atoms with Gasteiger partial charge in [0.2, 0.25) is 0 Å². The van der Waals surface area contributed by atoms with Gasteiger partial charge in [-0.2, -0.15) is 0 Å². The first-order valence-electron chi connectivity index (χ1n) is 8.03. The van der Waals surface area contributed by atoms with Crippen LogP contribution in [0.4, 0.5) is 0 Å². The van der Waals surface area contributed by atoms with Crippen LogP contribution < -0.4 is 0 Å². The summed E-state index contributed by atoms with van der Waals surface area (Å²) in [6, 6.07) is 3.12. The lowest BCUT2D eigenvalue weighted by Gasteiger charge is -2.44. The SMILES string of the molecule is CC(C)CN1CCN(C(=O)c2cccnc2)[C@@H]2CS(=O)(=O)C[C@@H]21. The molecule has 1 aromatic rings. The molecule has 23 heavy (non-hydrogen) atoms. The first-order valence-corrected chi connectivity index (χ1v) is 9.85. The van der Waals surface area contributed by atoms with E-state index in [4.69, 9.17) is 0 Å². The van der Waals surface area contributed by atoms with Crippen LogP contribution in [0.1, 0.15) is 24.2 Å². The van der Waals surface area contributed by atoms with E-state index in [1.807, 2.05) is 0 Å². The number of hydrogen-bond donors (Lipinski definition) is 0. The van der Waals surface area contributed by atoms with Crippen molar-refractivity contribution in [2.24, 2.45) is 5.92 Å². The number of pyridine rings is 1. The minimum absolute atomic E-state index is 0.0677. The Bertz CT molecular complexity index is 675. The molecule has 3 heterocycles. The Labute approximate surface area is 137 Å². The van der Waals surface area contributed by atoms with E-state index in [0.29, 0.717) is 18.0 Å². The maximum Gasteiger partial charge on any atom is 0.255 e. The van der Waals surface area contributed by atoms with Crippen molar-refractivity contribution < 1.29 is 13.2 Å². The summed E-state index contributed by atoms with van der Waals surface area (Å²) in [6.07, 6.45) is 3.17. The number of carbonyl (C=O) groups is 1. The zero-order chi connectivity index (χ0) is 16.6. The monoisotopic (exact) mass is 337 g/mol. The number of piperazine rings is 1. The van der Waals surface area contributed by atoms with E-state index in [0.717, 1.165) is 13.1 Å². The predicted molar refractivity (Wildman–Crippen MR) is 87.9 cm³/mol. The molecule has 0 spiro atoms. The van der Waals surface area contributed by atoms with Gasteiger partial charge in [-0.25, -0.2) is 8.42 Å². The van der Waals surface area contributed by atoms with Gasteiger partial charge in [0.05, 0.1) is 23.1 Å². The van der Waals surface area contributed by atoms with Crippen molar-refractivity contribution in [2.75, 3.05) is 31.1 Å². The first-order chi connectivity index (χ1) is 10.9. The molecular formula is C16H23N3O3S. The van der Waals surface area contributed by atoms with Gasteiger partial charge in [-0.3, -0.25) is 14.7 Å². The standard InChI is InChI=1S/C16H23N3O3S/c1-12(2)9-18-6-7-19(15-11-23(21,22)10-14(15)18)16(20)13-4-3-5-17-8-13/h3-5,8,12,14-15H,6-7,9-11H2,1-2H3/t14-,15+/m0/s1. The van der Waals surface area contributed by atoms with Gasteiger partial charge < -0.3 is 4.90 Å². The van der Waals surface area contributed by atoms with Crippen molar-refractivity contribution in [3.8, 4) is 0 Å². The molecule has 2 aliphatic rings. The molecular weight excluding hydrogens is 314 g/mol. The van der Waals surface area contributed by atoms with Crippen molar-refractivity contribution >= 4 is 15.7 Å². The summed E-state index contributed by atoms with van der Waals surface area (Å²) in [5.74, 6) is 0.577. The fourth-order valence-corrected chi connectivity index (χ4v) is 5.64. The maximum absolute atomic E-state index is 12.8. The van der Waals surface area contributed by atoms with E-state index >= 15 is 0 Å². The molecule has 0 bridgehead atoms. The lowest BCUT2D eigenvalue weighted by Crippen LogP contribution is -2.61. The molecule has 7 heteroatoms. The second kappa shape index (κ2) is 6.20. The molecule has 6 nitrogen and oxygen atoms in total. The summed E-state index contributed by atoms with van der Waals surface area (Å²) < 4.78 is 24.3. The van der Waals surface area contributed by atoms with Crippen molar-refractivity contribution in [2.45, 2.75) is 25.9 Å². The van der Waals surface area contributed by atoms with Crippen LogP contribution in [-0.4, -0.2) is 72.3 Å². The smallest absolute Gasteiger partial charge is 0.255 e. The molecule has 2 saturated heterocycles. The lowest BCUT2D eigenvalue weighted by molar-refractivity contribution is 0.0297. The van der Waals surface area contributed by atoms with Crippen LogP contribution in [-0.2, 0) is 9.84 Å². The molecule has 0 aliphatic carbocycles. The van der Waals surface area contributed by atoms with Crippen LogP contribution in [0.3, 0.4) is 0 Å². The average molecular weight is 337 g/mol. The van der Waals surface area contributed by atoms with Gasteiger partial charge in [0.15, 0.2) is 9.84 Å². The second-order valence-corrected chi connectivity index (χ2v) is 8.99. The third kappa shape index (κ3) is 3.40. The molecule has 1 amide bonds. The molecule has 1 aromatic heterocycles. The fourth-order valence-electron chi connectivity index (χ4n) is 3.63. The minimum atomic E-state index is -3.10. The summed E-state index contributed by atoms with van der Waals surface area (Å²) in [4.78, 5) is 20.7. The number of fused-ring (bicyclic) bond motifs is 1. The molecule has 0 saturated carbocycles. The first kappa shape index (κ1) is 16.4. The molecule has 0 radical (unpaired) electrons. The summed E-state index contributed by atoms with van der Waals surface area (Å²) in [5.41, 5.74) is 0.521. The molecule has 3 rings (SSSR count). The zero-order valence-corrected chi connectivity index (χ0v) is 14.4. The van der Waals surface area contributed by atoms with Crippen molar-refractivity contribution in [3.63, 3.8) is 0 Å². The number of amides is 1. The Kier molecular flexibility index (Phi) is 4.42. The summed E-state index contributed by atoms with van der Waals surface area (Å²) in [6.45, 7) is 6.42. The number of hydrogen-bond acceptors (Lipinski definition) is 5. The molecule has 0 aromatic carbocycles. The zero-order valence-electron chi connectivity index (χ0n) is 13.6. The number of nitrogens with zero attached hydrogens (tertiary/aromatic N) is 3. The topological polar surface area (TPSA) is 70.6 Å². The minimum Gasteiger partial charge on any atom is -0.332 e. The van der Waals surface area contributed by atoms with E-state index in [2.05, 4.69) is 23.7 Å². The van der Waals surface area contributed by atoms with Gasteiger partial charge >= 0.3 is 0 Å². The Hall–Kier alpha value is -1.47. The molecule has 126 valence electrons. The second-order valence-electron chi connectivity index (χ2n) is 6.84. The summed E-state index contributed by atoms with van der Waals surface area (Å²) in [5, 5.41) is 0. The average Bonchev–Trinajstić information content (AvgIpc) is 2.83. The Morgan fingerprint density at radius 2 is 2.04 bits per heavy atom. The number of aromatic nitrogens is 1. The summed E-state index contributed by atoms with van der Waals surface area (Å²) >= 11 is 0. The van der Waals surface area contributed by atoms with Gasteiger partial charge in [-0.15, -0.1) is 0 Å². The predicted octanol–water partition coefficient (Wildman–Crippen LogP) is 0.661. The van der Waals surface area contributed by atoms with Crippen LogP contribution in [0.5, 0.6) is 0 Å². The third-order valence-electron chi connectivity index (χ3n) is 4.56. The Morgan fingerprint density at radius 3 is 2.70 bits per heavy atom. The van der Waals surface area contributed by atoms with E-state index < -0.39 is 9.84 Å². The highest BCUT2D eigenvalue weighted by atomic mass is 32.2. The van der Waals surface area contributed by atoms with E-state index in [9.17, 15) is 13.2 Å². The van der Waals surface area contributed by atoms with E-state index in [-0.39, 0.29) is 29.5 Å². The third-order valence-corrected chi connectivity index (χ3v) is 6.26. The van der Waals surface area contributed by atoms with Gasteiger partial charge in [0, 0.05) is 38.1 Å². The van der Waals surface area contributed by atoms with Gasteiger partial charge in [0.1, 0.15) is 0 Å². The van der Waals surface area contributed by atoms with Crippen LogP contribution in [0.25, 0.3) is 0 Å². The van der Waals surface area contributed by atoms with Crippen LogP contribution in [0.15, 0.2) is 24.5 Å². The lowest BCUT2D eigenvalue weighted by atomic mass is 10.0. The number of carbonyl (C=O) groups excluding carboxylic acids is 1. The quantitative estimate of drug-likeness (QED) is 0.810. The van der Waals surface area contributed by atoms with Gasteiger partial charge in [-0.1, -0.05) is 13.8 Å². The number of sulfone groups is 1. The highest BCUT2D eigenvalue weighted by Gasteiger charge is 2.48. The molecule has 2 atom stereocenters. The summed E-state index contributed by atoms with van der Waals surface area (Å²) in [7, 11) is -3.10. The largest absolute Gasteiger partial charge is 0.332 e. The van der Waals surface area contributed by atoms with E-state index in [1.165, 1.54) is 0 Å². The van der Waals surface area contributed by atoms with Crippen molar-refractivity contribution in [1.82, 2.24) is 14.8 Å².